The third-order valence-electron chi connectivity index (χ3n) is 3.17. The molecule has 1 heterocycles. The van der Waals surface area contributed by atoms with Crippen LogP contribution in [0.15, 0.2) is 36.4 Å². The predicted octanol–water partition coefficient (Wildman–Crippen LogP) is 3.72. The van der Waals surface area contributed by atoms with Crippen LogP contribution in [0.4, 0.5) is 5.69 Å². The fourth-order valence-electron chi connectivity index (χ4n) is 2.20. The van der Waals surface area contributed by atoms with Gasteiger partial charge >= 0.3 is 0 Å². The van der Waals surface area contributed by atoms with E-state index in [0.717, 1.165) is 11.3 Å². The van der Waals surface area contributed by atoms with Gasteiger partial charge in [-0.25, -0.2) is 0 Å². The molecule has 0 aliphatic carbocycles. The highest BCUT2D eigenvalue weighted by atomic mass is 35.5. The van der Waals surface area contributed by atoms with Crippen LogP contribution in [-0.2, 0) is 11.2 Å². The van der Waals surface area contributed by atoms with Gasteiger partial charge in [0.2, 0.25) is 5.91 Å². The second kappa shape index (κ2) is 4.93. The topological polar surface area (TPSA) is 46.2 Å². The molecule has 1 aliphatic heterocycles. The molecule has 3 nitrogen and oxygen atoms in total. The zero-order valence-electron chi connectivity index (χ0n) is 10.2. The number of anilines is 1. The predicted molar refractivity (Wildman–Crippen MR) is 78.7 cm³/mol. The molecule has 1 amide bonds. The van der Waals surface area contributed by atoms with E-state index >= 15 is 0 Å². The standard InChI is InChI=1S/C15H9Cl2NO2/c16-10-2-3-11(12(17)7-10)15(20)8-1-4-13-9(5-8)6-14(19)18-13/h1-5,7H,6H2,(H,18,19). The van der Waals surface area contributed by atoms with Crippen LogP contribution in [0.5, 0.6) is 0 Å². The summed E-state index contributed by atoms with van der Waals surface area (Å²) in [4.78, 5) is 23.7. The Labute approximate surface area is 125 Å². The summed E-state index contributed by atoms with van der Waals surface area (Å²) in [6, 6.07) is 9.90. The maximum Gasteiger partial charge on any atom is 0.228 e. The molecule has 20 heavy (non-hydrogen) atoms. The molecule has 0 bridgehead atoms. The van der Waals surface area contributed by atoms with Crippen LogP contribution in [0.2, 0.25) is 10.0 Å². The third-order valence-corrected chi connectivity index (χ3v) is 3.72. The minimum atomic E-state index is -0.186. The minimum absolute atomic E-state index is 0.0610. The van der Waals surface area contributed by atoms with Crippen molar-refractivity contribution in [1.29, 1.82) is 0 Å². The second-order valence-corrected chi connectivity index (χ2v) is 5.39. The van der Waals surface area contributed by atoms with Crippen molar-refractivity contribution in [3.8, 4) is 0 Å². The number of hydrogen-bond donors (Lipinski definition) is 1. The normalized spacial score (nSPS) is 13.0. The molecular weight excluding hydrogens is 297 g/mol. The van der Waals surface area contributed by atoms with E-state index in [-0.39, 0.29) is 11.7 Å². The fourth-order valence-corrected chi connectivity index (χ4v) is 2.69. The van der Waals surface area contributed by atoms with E-state index in [1.165, 1.54) is 6.07 Å². The smallest absolute Gasteiger partial charge is 0.228 e. The van der Waals surface area contributed by atoms with Gasteiger partial charge in [-0.3, -0.25) is 9.59 Å². The van der Waals surface area contributed by atoms with Crippen molar-refractivity contribution in [3.05, 3.63) is 63.1 Å². The van der Waals surface area contributed by atoms with Crippen LogP contribution in [0, 0.1) is 0 Å². The molecule has 3 rings (SSSR count). The summed E-state index contributed by atoms with van der Waals surface area (Å²) in [6.45, 7) is 0. The summed E-state index contributed by atoms with van der Waals surface area (Å²) in [5.74, 6) is -0.247. The van der Waals surface area contributed by atoms with Gasteiger partial charge in [-0.2, -0.15) is 0 Å². The van der Waals surface area contributed by atoms with Gasteiger partial charge in [0.25, 0.3) is 0 Å². The van der Waals surface area contributed by atoms with Gasteiger partial charge < -0.3 is 5.32 Å². The molecule has 5 heteroatoms. The monoisotopic (exact) mass is 305 g/mol. The molecule has 100 valence electrons. The maximum absolute atomic E-state index is 12.4. The van der Waals surface area contributed by atoms with Gasteiger partial charge in [-0.05, 0) is 42.0 Å². The summed E-state index contributed by atoms with van der Waals surface area (Å²) in [7, 11) is 0. The quantitative estimate of drug-likeness (QED) is 0.860. The highest BCUT2D eigenvalue weighted by Crippen LogP contribution is 2.27. The Morgan fingerprint density at radius 3 is 2.65 bits per heavy atom. The first-order chi connectivity index (χ1) is 9.54. The lowest BCUT2D eigenvalue weighted by molar-refractivity contribution is -0.115. The molecular formula is C15H9Cl2NO2. The molecule has 1 aliphatic rings. The Kier molecular flexibility index (Phi) is 3.24. The lowest BCUT2D eigenvalue weighted by atomic mass is 10.0. The summed E-state index contributed by atoms with van der Waals surface area (Å²) in [5, 5.41) is 3.53. The number of rotatable bonds is 2. The average Bonchev–Trinajstić information content (AvgIpc) is 2.77. The molecule has 2 aromatic rings. The van der Waals surface area contributed by atoms with Gasteiger partial charge in [0.15, 0.2) is 5.78 Å². The molecule has 0 atom stereocenters. The van der Waals surface area contributed by atoms with E-state index < -0.39 is 0 Å². The van der Waals surface area contributed by atoms with Crippen LogP contribution in [0.1, 0.15) is 21.5 Å². The first kappa shape index (κ1) is 13.2. The van der Waals surface area contributed by atoms with Crippen LogP contribution in [-0.4, -0.2) is 11.7 Å². The highest BCUT2D eigenvalue weighted by Gasteiger charge is 2.20. The number of ketones is 1. The van der Waals surface area contributed by atoms with Crippen LogP contribution in [0.3, 0.4) is 0 Å². The van der Waals surface area contributed by atoms with E-state index in [1.54, 1.807) is 30.3 Å². The van der Waals surface area contributed by atoms with Gasteiger partial charge in [0, 0.05) is 21.8 Å². The summed E-state index contributed by atoms with van der Waals surface area (Å²) < 4.78 is 0. The van der Waals surface area contributed by atoms with E-state index in [2.05, 4.69) is 5.32 Å². The molecule has 0 radical (unpaired) electrons. The number of carbonyl (C=O) groups is 2. The SMILES string of the molecule is O=C1Cc2cc(C(=O)c3ccc(Cl)cc3Cl)ccc2N1. The number of amides is 1. The number of nitrogens with one attached hydrogen (secondary N) is 1. The van der Waals surface area contributed by atoms with E-state index in [9.17, 15) is 9.59 Å². The van der Waals surface area contributed by atoms with Crippen LogP contribution < -0.4 is 5.32 Å². The first-order valence-corrected chi connectivity index (χ1v) is 6.73. The lowest BCUT2D eigenvalue weighted by Gasteiger charge is -2.06. The van der Waals surface area contributed by atoms with Crippen molar-refractivity contribution in [2.45, 2.75) is 6.42 Å². The zero-order valence-corrected chi connectivity index (χ0v) is 11.8. The van der Waals surface area contributed by atoms with E-state index in [1.807, 2.05) is 0 Å². The van der Waals surface area contributed by atoms with Gasteiger partial charge in [-0.15, -0.1) is 0 Å². The van der Waals surface area contributed by atoms with E-state index in [0.29, 0.717) is 27.6 Å². The van der Waals surface area contributed by atoms with Crippen LogP contribution in [0.25, 0.3) is 0 Å². The average molecular weight is 306 g/mol. The van der Waals surface area contributed by atoms with Crippen molar-refractivity contribution >= 4 is 40.6 Å². The third kappa shape index (κ3) is 2.30. The second-order valence-electron chi connectivity index (χ2n) is 4.55. The van der Waals surface area contributed by atoms with Crippen molar-refractivity contribution in [2.24, 2.45) is 0 Å². The van der Waals surface area contributed by atoms with Crippen molar-refractivity contribution in [1.82, 2.24) is 0 Å². The molecule has 2 aromatic carbocycles. The minimum Gasteiger partial charge on any atom is -0.326 e. The van der Waals surface area contributed by atoms with Crippen molar-refractivity contribution in [2.75, 3.05) is 5.32 Å². The summed E-state index contributed by atoms with van der Waals surface area (Å²) >= 11 is 11.9. The fraction of sp³-hybridized carbons (Fsp3) is 0.0667. The van der Waals surface area contributed by atoms with Gasteiger partial charge in [-0.1, -0.05) is 23.2 Å². The Balaban J connectivity index is 1.99. The van der Waals surface area contributed by atoms with Crippen molar-refractivity contribution in [3.63, 3.8) is 0 Å². The number of hydrogen-bond acceptors (Lipinski definition) is 2. The van der Waals surface area contributed by atoms with Gasteiger partial charge in [0.1, 0.15) is 0 Å². The lowest BCUT2D eigenvalue weighted by Crippen LogP contribution is -2.03. The highest BCUT2D eigenvalue weighted by molar-refractivity contribution is 6.37. The van der Waals surface area contributed by atoms with Crippen LogP contribution >= 0.6 is 23.2 Å². The zero-order chi connectivity index (χ0) is 14.3. The van der Waals surface area contributed by atoms with Crippen molar-refractivity contribution < 1.29 is 9.59 Å². The molecule has 1 N–H and O–H groups in total. The molecule has 0 fully saturated rings. The Morgan fingerprint density at radius 1 is 1.10 bits per heavy atom. The first-order valence-electron chi connectivity index (χ1n) is 5.97. The summed E-state index contributed by atoms with van der Waals surface area (Å²) in [6.07, 6.45) is 0.296. The Bertz CT molecular complexity index is 741. The van der Waals surface area contributed by atoms with Gasteiger partial charge in [0.05, 0.1) is 11.4 Å². The molecule has 0 spiro atoms. The Morgan fingerprint density at radius 2 is 1.90 bits per heavy atom. The molecule has 0 saturated heterocycles. The summed E-state index contributed by atoms with van der Waals surface area (Å²) in [5.41, 5.74) is 2.48. The van der Waals surface area contributed by atoms with E-state index in [4.69, 9.17) is 23.2 Å². The Hall–Kier alpha value is -1.84. The number of benzene rings is 2. The largest absolute Gasteiger partial charge is 0.326 e. The molecule has 0 unspecified atom stereocenters. The maximum atomic E-state index is 12.4. The number of carbonyl (C=O) groups excluding carboxylic acids is 2. The molecule has 0 aromatic heterocycles. The number of fused-ring (bicyclic) bond motifs is 1. The number of halogens is 2. The molecule has 0 saturated carbocycles.